The van der Waals surface area contributed by atoms with E-state index in [-0.39, 0.29) is 18.1 Å². The molecule has 2 aliphatic rings. The van der Waals surface area contributed by atoms with Crippen LogP contribution in [0.3, 0.4) is 0 Å². The zero-order chi connectivity index (χ0) is 18.4. The van der Waals surface area contributed by atoms with E-state index >= 15 is 0 Å². The standard InChI is InChI=1S/C23H23N3O/c1-3-27-23-20(15-9-5-4-6-10-15)21-22(25-23)24-18-13-16-11-7-8-12-17(16)14-19(18)26(21)2/h4-14,20-22,24H,3H2,1-2H3/t20-,21-,22-/m0/s1. The lowest BCUT2D eigenvalue weighted by molar-refractivity contribution is 0.313. The fourth-order valence-corrected chi connectivity index (χ4v) is 4.41. The van der Waals surface area contributed by atoms with E-state index in [0.29, 0.717) is 6.61 Å². The van der Waals surface area contributed by atoms with E-state index in [1.807, 2.05) is 6.92 Å². The molecule has 0 spiro atoms. The molecule has 0 bridgehead atoms. The van der Waals surface area contributed by atoms with E-state index in [0.717, 1.165) is 11.6 Å². The largest absolute Gasteiger partial charge is 0.481 e. The molecule has 3 atom stereocenters. The molecule has 0 radical (unpaired) electrons. The number of benzene rings is 3. The highest BCUT2D eigenvalue weighted by Gasteiger charge is 2.46. The van der Waals surface area contributed by atoms with Crippen molar-refractivity contribution in [3.63, 3.8) is 0 Å². The van der Waals surface area contributed by atoms with Crippen LogP contribution in [0.5, 0.6) is 0 Å². The van der Waals surface area contributed by atoms with Crippen LogP contribution < -0.4 is 10.2 Å². The molecular weight excluding hydrogens is 334 g/mol. The van der Waals surface area contributed by atoms with E-state index in [4.69, 9.17) is 9.73 Å². The molecule has 0 fully saturated rings. The van der Waals surface area contributed by atoms with Crippen LogP contribution in [0.15, 0.2) is 71.7 Å². The molecular formula is C23H23N3O. The number of fused-ring (bicyclic) bond motifs is 3. The van der Waals surface area contributed by atoms with Crippen molar-refractivity contribution in [2.24, 2.45) is 4.99 Å². The first-order valence-electron chi connectivity index (χ1n) is 9.54. The number of hydrogen-bond donors (Lipinski definition) is 1. The molecule has 0 saturated heterocycles. The smallest absolute Gasteiger partial charge is 0.195 e. The third-order valence-electron chi connectivity index (χ3n) is 5.64. The van der Waals surface area contributed by atoms with Gasteiger partial charge in [-0.25, -0.2) is 4.99 Å². The summed E-state index contributed by atoms with van der Waals surface area (Å²) in [6, 6.07) is 23.7. The molecule has 0 aliphatic carbocycles. The van der Waals surface area contributed by atoms with Gasteiger partial charge in [-0.15, -0.1) is 0 Å². The highest BCUT2D eigenvalue weighted by atomic mass is 16.5. The average Bonchev–Trinajstić information content (AvgIpc) is 3.06. The second kappa shape index (κ2) is 6.31. The number of aliphatic imine (C=N–C) groups is 1. The number of ether oxygens (including phenoxy) is 1. The first kappa shape index (κ1) is 16.2. The molecule has 0 amide bonds. The third kappa shape index (κ3) is 2.55. The zero-order valence-electron chi connectivity index (χ0n) is 15.6. The van der Waals surface area contributed by atoms with E-state index in [9.17, 15) is 0 Å². The van der Waals surface area contributed by atoms with E-state index < -0.39 is 0 Å². The van der Waals surface area contributed by atoms with Gasteiger partial charge in [0, 0.05) is 7.05 Å². The normalized spacial score (nSPS) is 23.4. The van der Waals surface area contributed by atoms with Gasteiger partial charge in [-0.3, -0.25) is 0 Å². The fourth-order valence-electron chi connectivity index (χ4n) is 4.41. The summed E-state index contributed by atoms with van der Waals surface area (Å²) in [5.74, 6) is 0.948. The van der Waals surface area contributed by atoms with Crippen molar-refractivity contribution in [3.8, 4) is 0 Å². The molecule has 1 N–H and O–H groups in total. The maximum absolute atomic E-state index is 5.97. The molecule has 0 aromatic heterocycles. The molecule has 136 valence electrons. The summed E-state index contributed by atoms with van der Waals surface area (Å²) in [6.45, 7) is 2.65. The van der Waals surface area contributed by atoms with Crippen molar-refractivity contribution in [2.75, 3.05) is 23.9 Å². The SMILES string of the molecule is CCOC1=N[C@@H]2Nc3cc4ccccc4cc3N(C)[C@H]2[C@@H]1c1ccccc1. The second-order valence-electron chi connectivity index (χ2n) is 7.20. The summed E-state index contributed by atoms with van der Waals surface area (Å²) in [6.07, 6.45) is -0.0181. The van der Waals surface area contributed by atoms with Crippen LogP contribution in [-0.2, 0) is 4.74 Å². The maximum Gasteiger partial charge on any atom is 0.195 e. The quantitative estimate of drug-likeness (QED) is 0.727. The van der Waals surface area contributed by atoms with Crippen molar-refractivity contribution in [3.05, 3.63) is 72.3 Å². The van der Waals surface area contributed by atoms with Crippen LogP contribution in [0.2, 0.25) is 0 Å². The van der Waals surface area contributed by atoms with Gasteiger partial charge < -0.3 is 15.0 Å². The van der Waals surface area contributed by atoms with Crippen molar-refractivity contribution < 1.29 is 4.74 Å². The van der Waals surface area contributed by atoms with Crippen molar-refractivity contribution >= 4 is 28.0 Å². The first-order valence-corrected chi connectivity index (χ1v) is 9.54. The van der Waals surface area contributed by atoms with Crippen molar-refractivity contribution in [1.82, 2.24) is 0 Å². The lowest BCUT2D eigenvalue weighted by Gasteiger charge is -2.40. The lowest BCUT2D eigenvalue weighted by atomic mass is 9.89. The lowest BCUT2D eigenvalue weighted by Crippen LogP contribution is -2.49. The minimum atomic E-state index is -0.0181. The van der Waals surface area contributed by atoms with Crippen LogP contribution >= 0.6 is 0 Å². The molecule has 3 aromatic rings. The minimum Gasteiger partial charge on any atom is -0.481 e. The number of likely N-dealkylation sites (N-methyl/N-ethyl adjacent to an activating group) is 1. The van der Waals surface area contributed by atoms with E-state index in [1.165, 1.54) is 22.0 Å². The van der Waals surface area contributed by atoms with Crippen LogP contribution in [0.25, 0.3) is 10.8 Å². The Labute approximate surface area is 159 Å². The highest BCUT2D eigenvalue weighted by Crippen LogP contribution is 2.44. The Morgan fingerprint density at radius 2 is 1.70 bits per heavy atom. The molecule has 0 saturated carbocycles. The van der Waals surface area contributed by atoms with Crippen molar-refractivity contribution in [1.29, 1.82) is 0 Å². The minimum absolute atomic E-state index is 0.0181. The Bertz CT molecular complexity index is 1010. The number of rotatable bonds is 2. The number of anilines is 2. The average molecular weight is 357 g/mol. The van der Waals surface area contributed by atoms with Gasteiger partial charge in [-0.2, -0.15) is 0 Å². The number of nitrogens with zero attached hydrogens (tertiary/aromatic N) is 2. The van der Waals surface area contributed by atoms with Gasteiger partial charge in [0.25, 0.3) is 0 Å². The molecule has 4 heteroatoms. The molecule has 27 heavy (non-hydrogen) atoms. The topological polar surface area (TPSA) is 36.9 Å². The van der Waals surface area contributed by atoms with E-state index in [2.05, 4.69) is 84.0 Å². The molecule has 0 unspecified atom stereocenters. The summed E-state index contributed by atoms with van der Waals surface area (Å²) in [5.41, 5.74) is 3.59. The van der Waals surface area contributed by atoms with Crippen LogP contribution in [-0.4, -0.2) is 31.8 Å². The number of hydrogen-bond acceptors (Lipinski definition) is 4. The summed E-state index contributed by atoms with van der Waals surface area (Å²) >= 11 is 0. The van der Waals surface area contributed by atoms with Crippen molar-refractivity contribution in [2.45, 2.75) is 25.0 Å². The van der Waals surface area contributed by atoms with Gasteiger partial charge in [0.05, 0.1) is 29.9 Å². The summed E-state index contributed by atoms with van der Waals surface area (Å²) in [5, 5.41) is 6.15. The van der Waals surface area contributed by atoms with Gasteiger partial charge in [-0.1, -0.05) is 54.6 Å². The number of nitrogens with one attached hydrogen (secondary N) is 1. The molecule has 5 rings (SSSR count). The summed E-state index contributed by atoms with van der Waals surface area (Å²) in [7, 11) is 2.17. The molecule has 2 heterocycles. The Balaban J connectivity index is 1.61. The maximum atomic E-state index is 5.97. The van der Waals surface area contributed by atoms with Gasteiger partial charge in [0.1, 0.15) is 6.17 Å². The molecule has 4 nitrogen and oxygen atoms in total. The second-order valence-corrected chi connectivity index (χ2v) is 7.20. The Kier molecular flexibility index (Phi) is 3.78. The Morgan fingerprint density at radius 1 is 1.00 bits per heavy atom. The fraction of sp³-hybridized carbons (Fsp3) is 0.261. The predicted molar refractivity (Wildman–Crippen MR) is 112 cm³/mol. The van der Waals surface area contributed by atoms with Crippen LogP contribution in [0.1, 0.15) is 18.4 Å². The van der Waals surface area contributed by atoms with Gasteiger partial charge in [0.15, 0.2) is 5.90 Å². The summed E-state index contributed by atoms with van der Waals surface area (Å²) in [4.78, 5) is 7.30. The Hall–Kier alpha value is -3.01. The van der Waals surface area contributed by atoms with Gasteiger partial charge in [-0.05, 0) is 35.4 Å². The zero-order valence-corrected chi connectivity index (χ0v) is 15.6. The van der Waals surface area contributed by atoms with Crippen LogP contribution in [0.4, 0.5) is 11.4 Å². The van der Waals surface area contributed by atoms with Gasteiger partial charge >= 0.3 is 0 Å². The Morgan fingerprint density at radius 3 is 2.44 bits per heavy atom. The highest BCUT2D eigenvalue weighted by molar-refractivity contribution is 5.95. The monoisotopic (exact) mass is 357 g/mol. The van der Waals surface area contributed by atoms with E-state index in [1.54, 1.807) is 0 Å². The van der Waals surface area contributed by atoms with Gasteiger partial charge in [0.2, 0.25) is 0 Å². The third-order valence-corrected chi connectivity index (χ3v) is 5.64. The summed E-state index contributed by atoms with van der Waals surface area (Å²) < 4.78 is 5.97. The van der Waals surface area contributed by atoms with Crippen LogP contribution in [0, 0.1) is 0 Å². The predicted octanol–water partition coefficient (Wildman–Crippen LogP) is 4.63. The first-order chi connectivity index (χ1) is 13.3. The molecule has 2 aliphatic heterocycles. The molecule has 3 aromatic carbocycles.